The fourth-order valence-corrected chi connectivity index (χ4v) is 2.57. The molecule has 21 heavy (non-hydrogen) atoms. The molecule has 2 heterocycles. The number of aliphatic hydroxyl groups excluding tert-OH is 1. The SMILES string of the molecule is O=C(c1cc(-c2cccc(Cl)c2)no1)N1CCC(O)CC1. The molecule has 0 bridgehead atoms. The Balaban J connectivity index is 1.77. The second-order valence-electron chi connectivity index (χ2n) is 5.11. The van der Waals surface area contributed by atoms with Crippen LogP contribution in [0.5, 0.6) is 0 Å². The van der Waals surface area contributed by atoms with Gasteiger partial charge in [0.15, 0.2) is 0 Å². The number of hydrogen-bond donors (Lipinski definition) is 1. The van der Waals surface area contributed by atoms with Gasteiger partial charge in [-0.05, 0) is 25.0 Å². The Morgan fingerprint density at radius 1 is 1.33 bits per heavy atom. The van der Waals surface area contributed by atoms with Gasteiger partial charge in [0.05, 0.1) is 6.10 Å². The summed E-state index contributed by atoms with van der Waals surface area (Å²) in [5.41, 5.74) is 1.39. The van der Waals surface area contributed by atoms with Crippen molar-refractivity contribution >= 4 is 17.5 Å². The molecule has 0 unspecified atom stereocenters. The van der Waals surface area contributed by atoms with Crippen LogP contribution < -0.4 is 0 Å². The minimum Gasteiger partial charge on any atom is -0.393 e. The van der Waals surface area contributed by atoms with Crippen molar-refractivity contribution < 1.29 is 14.4 Å². The number of hydrogen-bond acceptors (Lipinski definition) is 4. The number of amides is 1. The third-order valence-corrected chi connectivity index (χ3v) is 3.83. The van der Waals surface area contributed by atoms with Gasteiger partial charge in [0, 0.05) is 29.7 Å². The van der Waals surface area contributed by atoms with E-state index >= 15 is 0 Å². The van der Waals surface area contributed by atoms with E-state index in [-0.39, 0.29) is 17.8 Å². The van der Waals surface area contributed by atoms with Gasteiger partial charge in [-0.2, -0.15) is 0 Å². The molecule has 1 N–H and O–H groups in total. The van der Waals surface area contributed by atoms with Crippen molar-refractivity contribution in [2.45, 2.75) is 18.9 Å². The second-order valence-corrected chi connectivity index (χ2v) is 5.55. The Kier molecular flexibility index (Phi) is 3.94. The summed E-state index contributed by atoms with van der Waals surface area (Å²) in [6, 6.07) is 8.84. The van der Waals surface area contributed by atoms with Gasteiger partial charge in [0.1, 0.15) is 5.69 Å². The quantitative estimate of drug-likeness (QED) is 0.926. The fraction of sp³-hybridized carbons (Fsp3) is 0.333. The molecule has 3 rings (SSSR count). The van der Waals surface area contributed by atoms with E-state index in [1.165, 1.54) is 0 Å². The topological polar surface area (TPSA) is 66.6 Å². The number of rotatable bonds is 2. The van der Waals surface area contributed by atoms with Gasteiger partial charge in [0.25, 0.3) is 5.91 Å². The van der Waals surface area contributed by atoms with E-state index in [0.717, 1.165) is 5.56 Å². The summed E-state index contributed by atoms with van der Waals surface area (Å²) in [5, 5.41) is 14.0. The molecule has 2 aromatic rings. The van der Waals surface area contributed by atoms with E-state index < -0.39 is 0 Å². The summed E-state index contributed by atoms with van der Waals surface area (Å²) in [6.07, 6.45) is 0.882. The first-order valence-corrected chi connectivity index (χ1v) is 7.21. The van der Waals surface area contributed by atoms with Crippen molar-refractivity contribution in [1.29, 1.82) is 0 Å². The van der Waals surface area contributed by atoms with Gasteiger partial charge < -0.3 is 14.5 Å². The monoisotopic (exact) mass is 306 g/mol. The zero-order valence-corrected chi connectivity index (χ0v) is 12.1. The zero-order chi connectivity index (χ0) is 14.8. The lowest BCUT2D eigenvalue weighted by Gasteiger charge is -2.28. The second kappa shape index (κ2) is 5.87. The summed E-state index contributed by atoms with van der Waals surface area (Å²) in [4.78, 5) is 14.0. The van der Waals surface area contributed by atoms with Gasteiger partial charge in [-0.1, -0.05) is 28.9 Å². The highest BCUT2D eigenvalue weighted by Gasteiger charge is 2.25. The number of benzene rings is 1. The van der Waals surface area contributed by atoms with E-state index in [1.807, 2.05) is 12.1 Å². The van der Waals surface area contributed by atoms with E-state index in [0.29, 0.717) is 36.6 Å². The molecular weight excluding hydrogens is 292 g/mol. The average molecular weight is 307 g/mol. The third kappa shape index (κ3) is 3.09. The Labute approximate surface area is 127 Å². The highest BCUT2D eigenvalue weighted by atomic mass is 35.5. The van der Waals surface area contributed by atoms with Crippen molar-refractivity contribution in [3.05, 3.63) is 41.1 Å². The molecule has 0 saturated carbocycles. The maximum absolute atomic E-state index is 12.3. The normalized spacial score (nSPS) is 16.2. The molecule has 1 aromatic carbocycles. The minimum absolute atomic E-state index is 0.192. The predicted molar refractivity (Wildman–Crippen MR) is 78.1 cm³/mol. The fourth-order valence-electron chi connectivity index (χ4n) is 2.38. The van der Waals surface area contributed by atoms with Crippen molar-refractivity contribution in [3.8, 4) is 11.3 Å². The number of aromatic nitrogens is 1. The number of piperidine rings is 1. The Morgan fingerprint density at radius 2 is 2.10 bits per heavy atom. The molecule has 1 aromatic heterocycles. The molecule has 0 radical (unpaired) electrons. The molecule has 0 aliphatic carbocycles. The molecule has 1 amide bonds. The number of likely N-dealkylation sites (tertiary alicyclic amines) is 1. The van der Waals surface area contributed by atoms with Crippen molar-refractivity contribution in [1.82, 2.24) is 10.1 Å². The Bertz CT molecular complexity index is 648. The standard InChI is InChI=1S/C15H15ClN2O3/c16-11-3-1-2-10(8-11)13-9-14(21-17-13)15(20)18-6-4-12(19)5-7-18/h1-3,8-9,12,19H,4-7H2. The maximum Gasteiger partial charge on any atom is 0.292 e. The first-order valence-electron chi connectivity index (χ1n) is 6.83. The number of nitrogens with zero attached hydrogens (tertiary/aromatic N) is 2. The number of halogens is 1. The lowest BCUT2D eigenvalue weighted by Crippen LogP contribution is -2.39. The van der Waals surface area contributed by atoms with Gasteiger partial charge in [-0.15, -0.1) is 0 Å². The summed E-state index contributed by atoms with van der Waals surface area (Å²) < 4.78 is 5.15. The van der Waals surface area contributed by atoms with Crippen molar-refractivity contribution in [3.63, 3.8) is 0 Å². The third-order valence-electron chi connectivity index (χ3n) is 3.59. The van der Waals surface area contributed by atoms with E-state index in [1.54, 1.807) is 23.1 Å². The van der Waals surface area contributed by atoms with Crippen LogP contribution >= 0.6 is 11.6 Å². The van der Waals surface area contributed by atoms with E-state index in [9.17, 15) is 9.90 Å². The Hall–Kier alpha value is -1.85. The number of aliphatic hydroxyl groups is 1. The maximum atomic E-state index is 12.3. The van der Waals surface area contributed by atoms with Crippen molar-refractivity contribution in [2.24, 2.45) is 0 Å². The molecule has 1 aliphatic rings. The lowest BCUT2D eigenvalue weighted by atomic mass is 10.1. The van der Waals surface area contributed by atoms with Crippen LogP contribution in [-0.2, 0) is 0 Å². The Morgan fingerprint density at radius 3 is 2.81 bits per heavy atom. The summed E-state index contributed by atoms with van der Waals surface area (Å²) in [7, 11) is 0. The first kappa shape index (κ1) is 14.1. The highest BCUT2D eigenvalue weighted by Crippen LogP contribution is 2.23. The predicted octanol–water partition coefficient (Wildman–Crippen LogP) is 2.59. The van der Waals surface area contributed by atoms with Crippen LogP contribution in [0.2, 0.25) is 5.02 Å². The lowest BCUT2D eigenvalue weighted by molar-refractivity contribution is 0.0512. The van der Waals surface area contributed by atoms with Gasteiger partial charge in [-0.3, -0.25) is 4.79 Å². The number of carbonyl (C=O) groups excluding carboxylic acids is 1. The van der Waals surface area contributed by atoms with Crippen LogP contribution in [0.4, 0.5) is 0 Å². The molecule has 5 nitrogen and oxygen atoms in total. The molecule has 0 atom stereocenters. The molecule has 110 valence electrons. The molecular formula is C15H15ClN2O3. The van der Waals surface area contributed by atoms with Crippen LogP contribution in [0.3, 0.4) is 0 Å². The van der Waals surface area contributed by atoms with Gasteiger partial charge in [-0.25, -0.2) is 0 Å². The number of carbonyl (C=O) groups is 1. The van der Waals surface area contributed by atoms with Crippen LogP contribution in [0.1, 0.15) is 23.4 Å². The minimum atomic E-state index is -0.314. The van der Waals surface area contributed by atoms with Crippen molar-refractivity contribution in [2.75, 3.05) is 13.1 Å². The summed E-state index contributed by atoms with van der Waals surface area (Å²) in [6.45, 7) is 1.07. The average Bonchev–Trinajstić information content (AvgIpc) is 2.97. The smallest absolute Gasteiger partial charge is 0.292 e. The van der Waals surface area contributed by atoms with E-state index in [2.05, 4.69) is 5.16 Å². The highest BCUT2D eigenvalue weighted by molar-refractivity contribution is 6.30. The first-order chi connectivity index (χ1) is 10.1. The van der Waals surface area contributed by atoms with Gasteiger partial charge in [0.2, 0.25) is 5.76 Å². The molecule has 1 saturated heterocycles. The van der Waals surface area contributed by atoms with E-state index in [4.69, 9.17) is 16.1 Å². The van der Waals surface area contributed by atoms with Crippen LogP contribution in [0.25, 0.3) is 11.3 Å². The molecule has 1 aliphatic heterocycles. The largest absolute Gasteiger partial charge is 0.393 e. The van der Waals surface area contributed by atoms with Crippen LogP contribution in [0.15, 0.2) is 34.9 Å². The van der Waals surface area contributed by atoms with Crippen LogP contribution in [0, 0.1) is 0 Å². The van der Waals surface area contributed by atoms with Crippen LogP contribution in [-0.4, -0.2) is 40.3 Å². The summed E-state index contributed by atoms with van der Waals surface area (Å²) >= 11 is 5.94. The zero-order valence-electron chi connectivity index (χ0n) is 11.3. The molecule has 0 spiro atoms. The van der Waals surface area contributed by atoms with Gasteiger partial charge >= 0.3 is 0 Å². The molecule has 1 fully saturated rings. The summed E-state index contributed by atoms with van der Waals surface area (Å²) in [5.74, 6) is 0.0176. The molecule has 6 heteroatoms.